The summed E-state index contributed by atoms with van der Waals surface area (Å²) in [5, 5.41) is 22.5. The summed E-state index contributed by atoms with van der Waals surface area (Å²) in [5.74, 6) is 0.412. The Morgan fingerprint density at radius 2 is 1.93 bits per heavy atom. The van der Waals surface area contributed by atoms with Crippen LogP contribution in [-0.2, 0) is 6.18 Å². The first-order valence-corrected chi connectivity index (χ1v) is 9.78. The Morgan fingerprint density at radius 1 is 1.17 bits per heavy atom. The lowest BCUT2D eigenvalue weighted by atomic mass is 9.93. The molecule has 0 aliphatic heterocycles. The van der Waals surface area contributed by atoms with E-state index < -0.39 is 11.7 Å². The molecule has 6 nitrogen and oxygen atoms in total. The fourth-order valence-electron chi connectivity index (χ4n) is 4.00. The Kier molecular flexibility index (Phi) is 5.35. The molecule has 0 radical (unpaired) electrons. The van der Waals surface area contributed by atoms with Crippen molar-refractivity contribution in [3.63, 3.8) is 0 Å². The monoisotopic (exact) mass is 408 g/mol. The summed E-state index contributed by atoms with van der Waals surface area (Å²) in [6.45, 7) is 0.437. The number of rotatable bonds is 5. The van der Waals surface area contributed by atoms with Gasteiger partial charge in [0.2, 0.25) is 0 Å². The van der Waals surface area contributed by atoms with Crippen molar-refractivity contribution in [2.45, 2.75) is 50.4 Å². The predicted molar refractivity (Wildman–Crippen MR) is 104 cm³/mol. The van der Waals surface area contributed by atoms with Gasteiger partial charge >= 0.3 is 6.18 Å². The number of aliphatic hydroxyl groups is 2. The highest BCUT2D eigenvalue weighted by Crippen LogP contribution is 2.37. The van der Waals surface area contributed by atoms with Crippen molar-refractivity contribution in [1.29, 1.82) is 0 Å². The fraction of sp³-hybridized carbons (Fsp3) is 0.500. The maximum atomic E-state index is 13.2. The van der Waals surface area contributed by atoms with Crippen LogP contribution in [0.2, 0.25) is 0 Å². The Balaban J connectivity index is 1.87. The average Bonchev–Trinajstić information content (AvgIpc) is 3.13. The molecule has 3 N–H and O–H groups in total. The molecule has 2 heterocycles. The number of imidazole rings is 1. The molecule has 1 saturated carbocycles. The first kappa shape index (κ1) is 19.9. The molecule has 0 saturated heterocycles. The van der Waals surface area contributed by atoms with Crippen LogP contribution >= 0.6 is 0 Å². The SMILES string of the molecule is OCCCNc1nc2cc(C(F)(F)F)ccc2c2c1ncn2C1CCC(O)CC1. The molecular weight excluding hydrogens is 385 g/mol. The maximum absolute atomic E-state index is 13.2. The molecule has 1 aromatic carbocycles. The topological polar surface area (TPSA) is 83.2 Å². The summed E-state index contributed by atoms with van der Waals surface area (Å²) in [6.07, 6.45) is 0.391. The molecule has 0 bridgehead atoms. The van der Waals surface area contributed by atoms with Crippen LogP contribution in [0.1, 0.15) is 43.7 Å². The number of halogens is 3. The van der Waals surface area contributed by atoms with Gasteiger partial charge in [-0.15, -0.1) is 0 Å². The van der Waals surface area contributed by atoms with Crippen molar-refractivity contribution in [3.05, 3.63) is 30.1 Å². The Labute approximate surface area is 165 Å². The van der Waals surface area contributed by atoms with Gasteiger partial charge in [-0.05, 0) is 44.2 Å². The molecule has 0 unspecified atom stereocenters. The molecule has 0 atom stereocenters. The van der Waals surface area contributed by atoms with Gasteiger partial charge in [0.1, 0.15) is 5.52 Å². The first-order chi connectivity index (χ1) is 13.9. The number of pyridine rings is 1. The van der Waals surface area contributed by atoms with Gasteiger partial charge in [0.05, 0.1) is 29.0 Å². The molecule has 0 amide bonds. The van der Waals surface area contributed by atoms with Crippen LogP contribution in [0.15, 0.2) is 24.5 Å². The molecule has 3 aromatic rings. The number of benzene rings is 1. The Hall–Kier alpha value is -2.39. The van der Waals surface area contributed by atoms with Crippen molar-refractivity contribution in [2.75, 3.05) is 18.5 Å². The molecule has 29 heavy (non-hydrogen) atoms. The normalized spacial score (nSPS) is 20.4. The number of hydrogen-bond acceptors (Lipinski definition) is 5. The zero-order chi connectivity index (χ0) is 20.6. The third kappa shape index (κ3) is 3.89. The second-order valence-corrected chi connectivity index (χ2v) is 7.51. The van der Waals surface area contributed by atoms with Crippen molar-refractivity contribution in [3.8, 4) is 0 Å². The summed E-state index contributed by atoms with van der Waals surface area (Å²) < 4.78 is 41.6. The lowest BCUT2D eigenvalue weighted by Crippen LogP contribution is -2.20. The highest BCUT2D eigenvalue weighted by atomic mass is 19.4. The van der Waals surface area contributed by atoms with E-state index in [1.807, 2.05) is 4.57 Å². The van der Waals surface area contributed by atoms with Crippen molar-refractivity contribution >= 4 is 27.8 Å². The van der Waals surface area contributed by atoms with Crippen molar-refractivity contribution in [1.82, 2.24) is 14.5 Å². The van der Waals surface area contributed by atoms with Gasteiger partial charge in [-0.2, -0.15) is 13.2 Å². The van der Waals surface area contributed by atoms with E-state index in [0.717, 1.165) is 30.5 Å². The van der Waals surface area contributed by atoms with Gasteiger partial charge in [-0.25, -0.2) is 9.97 Å². The second kappa shape index (κ2) is 7.79. The number of nitrogens with zero attached hydrogens (tertiary/aromatic N) is 3. The Morgan fingerprint density at radius 3 is 2.62 bits per heavy atom. The van der Waals surface area contributed by atoms with Crippen LogP contribution < -0.4 is 5.32 Å². The fourth-order valence-corrected chi connectivity index (χ4v) is 4.00. The zero-order valence-electron chi connectivity index (χ0n) is 15.8. The van der Waals surface area contributed by atoms with E-state index in [0.29, 0.717) is 42.5 Å². The van der Waals surface area contributed by atoms with E-state index in [2.05, 4.69) is 15.3 Å². The smallest absolute Gasteiger partial charge is 0.396 e. The molecule has 1 aliphatic carbocycles. The summed E-state index contributed by atoms with van der Waals surface area (Å²) >= 11 is 0. The standard InChI is InChI=1S/C20H23F3N4O2/c21-20(22,23)12-2-7-15-16(10-12)26-19(24-8-1-9-28)17-18(15)27(11-25-17)13-3-5-14(29)6-4-13/h2,7,10-11,13-14,28-29H,1,3-6,8-9H2,(H,24,26). The highest BCUT2D eigenvalue weighted by Gasteiger charge is 2.31. The highest BCUT2D eigenvalue weighted by molar-refractivity contribution is 6.07. The summed E-state index contributed by atoms with van der Waals surface area (Å²) in [4.78, 5) is 8.91. The van der Waals surface area contributed by atoms with Gasteiger partial charge in [-0.1, -0.05) is 6.07 Å². The first-order valence-electron chi connectivity index (χ1n) is 9.78. The van der Waals surface area contributed by atoms with E-state index >= 15 is 0 Å². The van der Waals surface area contributed by atoms with Crippen LogP contribution in [0.4, 0.5) is 19.0 Å². The number of fused-ring (bicyclic) bond motifs is 3. The lowest BCUT2D eigenvalue weighted by Gasteiger charge is -2.27. The van der Waals surface area contributed by atoms with Crippen molar-refractivity contribution < 1.29 is 23.4 Å². The van der Waals surface area contributed by atoms with Crippen LogP contribution in [-0.4, -0.2) is 44.0 Å². The molecule has 2 aromatic heterocycles. The van der Waals surface area contributed by atoms with Crippen LogP contribution in [0.5, 0.6) is 0 Å². The minimum absolute atomic E-state index is 0.000781. The lowest BCUT2D eigenvalue weighted by molar-refractivity contribution is -0.137. The number of aromatic nitrogens is 3. The zero-order valence-corrected chi connectivity index (χ0v) is 15.8. The minimum atomic E-state index is -4.45. The van der Waals surface area contributed by atoms with Crippen molar-refractivity contribution in [2.24, 2.45) is 0 Å². The Bertz CT molecular complexity index is 1010. The third-order valence-electron chi connectivity index (χ3n) is 5.52. The van der Waals surface area contributed by atoms with Crippen LogP contribution in [0.25, 0.3) is 21.9 Å². The number of nitrogens with one attached hydrogen (secondary N) is 1. The summed E-state index contributed by atoms with van der Waals surface area (Å²) in [5.41, 5.74) is 0.847. The molecule has 156 valence electrons. The molecule has 0 spiro atoms. The molecular formula is C20H23F3N4O2. The maximum Gasteiger partial charge on any atom is 0.416 e. The third-order valence-corrected chi connectivity index (χ3v) is 5.52. The number of aliphatic hydroxyl groups excluding tert-OH is 2. The van der Waals surface area contributed by atoms with Gasteiger partial charge in [0.25, 0.3) is 0 Å². The predicted octanol–water partition coefficient (Wildman–Crippen LogP) is 3.87. The van der Waals surface area contributed by atoms with Gasteiger partial charge in [0, 0.05) is 24.6 Å². The van der Waals surface area contributed by atoms with Gasteiger partial charge in [0.15, 0.2) is 5.82 Å². The van der Waals surface area contributed by atoms with Gasteiger partial charge in [-0.3, -0.25) is 0 Å². The number of alkyl halides is 3. The largest absolute Gasteiger partial charge is 0.416 e. The quantitative estimate of drug-likeness (QED) is 0.558. The second-order valence-electron chi connectivity index (χ2n) is 7.51. The number of anilines is 1. The summed E-state index contributed by atoms with van der Waals surface area (Å²) in [6, 6.07) is 3.72. The molecule has 9 heteroatoms. The van der Waals surface area contributed by atoms with E-state index in [1.165, 1.54) is 6.07 Å². The van der Waals surface area contributed by atoms with E-state index in [-0.39, 0.29) is 24.3 Å². The van der Waals surface area contributed by atoms with Crippen LogP contribution in [0.3, 0.4) is 0 Å². The molecule has 4 rings (SSSR count). The summed E-state index contributed by atoms with van der Waals surface area (Å²) in [7, 11) is 0. The average molecular weight is 408 g/mol. The molecule has 1 aliphatic rings. The molecule has 1 fully saturated rings. The van der Waals surface area contributed by atoms with E-state index in [1.54, 1.807) is 6.33 Å². The minimum Gasteiger partial charge on any atom is -0.396 e. The number of hydrogen-bond donors (Lipinski definition) is 3. The van der Waals surface area contributed by atoms with Crippen LogP contribution in [0, 0.1) is 0 Å². The van der Waals surface area contributed by atoms with Gasteiger partial charge < -0.3 is 20.1 Å². The van der Waals surface area contributed by atoms with E-state index in [9.17, 15) is 18.3 Å². The van der Waals surface area contributed by atoms with E-state index in [4.69, 9.17) is 5.11 Å².